The number of anilines is 1. The highest BCUT2D eigenvalue weighted by Crippen LogP contribution is 2.31. The maximum Gasteiger partial charge on any atom is 0.340 e. The van der Waals surface area contributed by atoms with Crippen molar-refractivity contribution >= 4 is 11.7 Å². The van der Waals surface area contributed by atoms with Gasteiger partial charge in [-0.15, -0.1) is 0 Å². The van der Waals surface area contributed by atoms with E-state index in [1.807, 2.05) is 6.08 Å². The van der Waals surface area contributed by atoms with Gasteiger partial charge in [0.05, 0.1) is 12.7 Å². The van der Waals surface area contributed by atoms with E-state index in [9.17, 15) is 9.18 Å². The van der Waals surface area contributed by atoms with Crippen molar-refractivity contribution in [2.24, 2.45) is 11.3 Å². The number of allylic oxidation sites excluding steroid dienone is 3. The van der Waals surface area contributed by atoms with E-state index in [4.69, 9.17) is 0 Å². The SMILES string of the molecule is C=C(/C=C(/Nc1ccc(C(=O)OC)c(F)c1)C(C)C)C(C)(C)CC. The molecule has 3 nitrogen and oxygen atoms in total. The first-order chi connectivity index (χ1) is 11.1. The molecule has 0 spiro atoms. The van der Waals surface area contributed by atoms with Gasteiger partial charge in [0.15, 0.2) is 0 Å². The summed E-state index contributed by atoms with van der Waals surface area (Å²) >= 11 is 0. The number of halogens is 1. The molecule has 0 saturated heterocycles. The Labute approximate surface area is 144 Å². The summed E-state index contributed by atoms with van der Waals surface area (Å²) in [4.78, 5) is 11.5. The molecule has 0 aliphatic carbocycles. The normalized spacial score (nSPS) is 12.2. The average Bonchev–Trinajstić information content (AvgIpc) is 2.53. The van der Waals surface area contributed by atoms with E-state index in [1.54, 1.807) is 6.07 Å². The molecule has 0 heterocycles. The van der Waals surface area contributed by atoms with Crippen molar-refractivity contribution in [3.8, 4) is 0 Å². The average molecular weight is 333 g/mol. The van der Waals surface area contributed by atoms with Crippen LogP contribution < -0.4 is 5.32 Å². The quantitative estimate of drug-likeness (QED) is 0.524. The third-order valence-corrected chi connectivity index (χ3v) is 4.37. The first-order valence-corrected chi connectivity index (χ1v) is 8.18. The number of carbonyl (C=O) groups is 1. The van der Waals surface area contributed by atoms with Gasteiger partial charge in [-0.2, -0.15) is 0 Å². The molecule has 0 aliphatic rings. The Kier molecular flexibility index (Phi) is 6.76. The standard InChI is InChI=1S/C20H28FNO2/c1-8-20(5,6)14(4)11-18(13(2)3)22-15-9-10-16(17(21)12-15)19(23)24-7/h9-13,22H,4,8H2,1-3,5-7H3/b18-11+. The number of esters is 1. The molecular weight excluding hydrogens is 305 g/mol. The summed E-state index contributed by atoms with van der Waals surface area (Å²) in [6.07, 6.45) is 3.01. The molecule has 4 heteroatoms. The zero-order valence-electron chi connectivity index (χ0n) is 15.5. The van der Waals surface area contributed by atoms with E-state index >= 15 is 0 Å². The zero-order valence-corrected chi connectivity index (χ0v) is 15.5. The Balaban J connectivity index is 3.08. The lowest BCUT2D eigenvalue weighted by molar-refractivity contribution is 0.0595. The largest absolute Gasteiger partial charge is 0.465 e. The maximum atomic E-state index is 14.1. The molecule has 132 valence electrons. The highest BCUT2D eigenvalue weighted by atomic mass is 19.1. The fraction of sp³-hybridized carbons (Fsp3) is 0.450. The minimum Gasteiger partial charge on any atom is -0.465 e. The second-order valence-corrected chi connectivity index (χ2v) is 6.83. The Morgan fingerprint density at radius 2 is 2.04 bits per heavy atom. The second-order valence-electron chi connectivity index (χ2n) is 6.83. The van der Waals surface area contributed by atoms with Crippen LogP contribution in [0.25, 0.3) is 0 Å². The number of hydrogen-bond acceptors (Lipinski definition) is 3. The summed E-state index contributed by atoms with van der Waals surface area (Å²) in [6.45, 7) is 14.7. The molecule has 1 aromatic carbocycles. The van der Waals surface area contributed by atoms with Crippen LogP contribution >= 0.6 is 0 Å². The van der Waals surface area contributed by atoms with Crippen LogP contribution in [-0.4, -0.2) is 13.1 Å². The monoisotopic (exact) mass is 333 g/mol. The number of carbonyl (C=O) groups excluding carboxylic acids is 1. The van der Waals surface area contributed by atoms with E-state index in [1.165, 1.54) is 19.2 Å². The van der Waals surface area contributed by atoms with Gasteiger partial charge in [-0.05, 0) is 47.6 Å². The molecule has 0 unspecified atom stereocenters. The molecule has 0 aliphatic heterocycles. The van der Waals surface area contributed by atoms with Crippen molar-refractivity contribution in [3.05, 3.63) is 53.5 Å². The first kappa shape index (κ1) is 19.9. The van der Waals surface area contributed by atoms with Gasteiger partial charge >= 0.3 is 5.97 Å². The number of ether oxygens (including phenoxy) is 1. The van der Waals surface area contributed by atoms with Crippen LogP contribution in [0.15, 0.2) is 42.1 Å². The molecule has 0 aromatic heterocycles. The van der Waals surface area contributed by atoms with Crippen LogP contribution in [0.1, 0.15) is 51.4 Å². The second kappa shape index (κ2) is 8.13. The molecule has 0 fully saturated rings. The highest BCUT2D eigenvalue weighted by molar-refractivity contribution is 5.90. The van der Waals surface area contributed by atoms with Gasteiger partial charge in [-0.25, -0.2) is 9.18 Å². The first-order valence-electron chi connectivity index (χ1n) is 8.18. The van der Waals surface area contributed by atoms with Gasteiger partial charge < -0.3 is 10.1 Å². The molecular formula is C20H28FNO2. The van der Waals surface area contributed by atoms with Crippen molar-refractivity contribution in [1.29, 1.82) is 0 Å². The van der Waals surface area contributed by atoms with Crippen molar-refractivity contribution in [2.45, 2.75) is 41.0 Å². The summed E-state index contributed by atoms with van der Waals surface area (Å²) in [7, 11) is 1.23. The van der Waals surface area contributed by atoms with E-state index < -0.39 is 11.8 Å². The number of nitrogens with one attached hydrogen (secondary N) is 1. The van der Waals surface area contributed by atoms with Gasteiger partial charge in [0.1, 0.15) is 5.82 Å². The van der Waals surface area contributed by atoms with E-state index in [0.717, 1.165) is 17.7 Å². The lowest BCUT2D eigenvalue weighted by Crippen LogP contribution is -2.14. The fourth-order valence-electron chi connectivity index (χ4n) is 1.99. The van der Waals surface area contributed by atoms with Gasteiger partial charge in [-0.1, -0.05) is 41.2 Å². The van der Waals surface area contributed by atoms with Crippen LogP contribution in [0.2, 0.25) is 0 Å². The summed E-state index contributed by atoms with van der Waals surface area (Å²) in [5.74, 6) is -1.07. The Hall–Kier alpha value is -2.10. The number of hydrogen-bond donors (Lipinski definition) is 1. The molecule has 0 amide bonds. The fourth-order valence-corrected chi connectivity index (χ4v) is 1.99. The van der Waals surface area contributed by atoms with Gasteiger partial charge in [0.25, 0.3) is 0 Å². The summed E-state index contributed by atoms with van der Waals surface area (Å²) < 4.78 is 18.6. The molecule has 0 radical (unpaired) electrons. The number of benzene rings is 1. The Bertz CT molecular complexity index is 645. The summed E-state index contributed by atoms with van der Waals surface area (Å²) in [6, 6.07) is 4.39. The Morgan fingerprint density at radius 1 is 1.42 bits per heavy atom. The predicted molar refractivity (Wildman–Crippen MR) is 97.5 cm³/mol. The number of rotatable bonds is 7. The predicted octanol–water partition coefficient (Wildman–Crippen LogP) is 5.56. The third-order valence-electron chi connectivity index (χ3n) is 4.37. The van der Waals surface area contributed by atoms with Crippen LogP contribution in [0.3, 0.4) is 0 Å². The van der Waals surface area contributed by atoms with E-state index in [-0.39, 0.29) is 16.9 Å². The molecule has 0 saturated carbocycles. The lowest BCUT2D eigenvalue weighted by atomic mass is 9.81. The maximum absolute atomic E-state index is 14.1. The minimum atomic E-state index is -0.684. The number of methoxy groups -OCH3 is 1. The topological polar surface area (TPSA) is 38.3 Å². The van der Waals surface area contributed by atoms with Crippen molar-refractivity contribution in [3.63, 3.8) is 0 Å². The van der Waals surface area contributed by atoms with Crippen molar-refractivity contribution in [2.75, 3.05) is 12.4 Å². The molecule has 1 aromatic rings. The van der Waals surface area contributed by atoms with Crippen LogP contribution in [-0.2, 0) is 4.74 Å². The van der Waals surface area contributed by atoms with Crippen LogP contribution in [0.4, 0.5) is 10.1 Å². The minimum absolute atomic E-state index is 0.00180. The van der Waals surface area contributed by atoms with Gasteiger partial charge in [-0.3, -0.25) is 0 Å². The molecule has 0 atom stereocenters. The van der Waals surface area contributed by atoms with Crippen LogP contribution in [0, 0.1) is 17.2 Å². The molecule has 1 rings (SSSR count). The lowest BCUT2D eigenvalue weighted by Gasteiger charge is -2.25. The van der Waals surface area contributed by atoms with E-state index in [0.29, 0.717) is 5.69 Å². The molecule has 0 bridgehead atoms. The Morgan fingerprint density at radius 3 is 2.50 bits per heavy atom. The van der Waals surface area contributed by atoms with Crippen molar-refractivity contribution in [1.82, 2.24) is 0 Å². The molecule has 24 heavy (non-hydrogen) atoms. The summed E-state index contributed by atoms with van der Waals surface area (Å²) in [5, 5.41) is 3.24. The van der Waals surface area contributed by atoms with Crippen molar-refractivity contribution < 1.29 is 13.9 Å². The third kappa shape index (κ3) is 4.95. The van der Waals surface area contributed by atoms with Gasteiger partial charge in [0.2, 0.25) is 0 Å². The van der Waals surface area contributed by atoms with E-state index in [2.05, 4.69) is 51.3 Å². The zero-order chi connectivity index (χ0) is 18.5. The highest BCUT2D eigenvalue weighted by Gasteiger charge is 2.19. The van der Waals surface area contributed by atoms with Crippen LogP contribution in [0.5, 0.6) is 0 Å². The smallest absolute Gasteiger partial charge is 0.340 e. The van der Waals surface area contributed by atoms with Gasteiger partial charge in [0, 0.05) is 11.4 Å². The summed E-state index contributed by atoms with van der Waals surface area (Å²) in [5.41, 5.74) is 2.48. The molecule has 1 N–H and O–H groups in total.